The third-order valence-corrected chi connectivity index (χ3v) is 5.79. The Bertz CT molecular complexity index is 1090. The van der Waals surface area contributed by atoms with Gasteiger partial charge in [0.15, 0.2) is 10.4 Å². The van der Waals surface area contributed by atoms with Crippen molar-refractivity contribution in [3.8, 4) is 0 Å². The van der Waals surface area contributed by atoms with E-state index in [0.717, 1.165) is 11.1 Å². The highest BCUT2D eigenvalue weighted by Crippen LogP contribution is 2.33. The molecule has 6 nitrogen and oxygen atoms in total. The maximum Gasteiger partial charge on any atom is 0.354 e. The van der Waals surface area contributed by atoms with Gasteiger partial charge in [0.2, 0.25) is 0 Å². The third kappa shape index (κ3) is 4.31. The number of rotatable bonds is 6. The number of pyridine rings is 1. The molecule has 152 valence electrons. The molecule has 3 rings (SSSR count). The lowest BCUT2D eigenvalue weighted by atomic mass is 9.88. The zero-order valence-corrected chi connectivity index (χ0v) is 18.7. The lowest BCUT2D eigenvalue weighted by molar-refractivity contribution is 0.0683. The van der Waals surface area contributed by atoms with Gasteiger partial charge in [0.1, 0.15) is 0 Å². The SMILES string of the molecule is CCn1c(Br)nc(C(Cc2cc(C)c(=O)n(C)c2)c2ccc(Cl)cc2)c1C(=O)O. The van der Waals surface area contributed by atoms with Crippen molar-refractivity contribution in [2.45, 2.75) is 32.7 Å². The van der Waals surface area contributed by atoms with E-state index >= 15 is 0 Å². The van der Waals surface area contributed by atoms with Crippen molar-refractivity contribution in [3.63, 3.8) is 0 Å². The largest absolute Gasteiger partial charge is 0.477 e. The fraction of sp³-hybridized carbons (Fsp3) is 0.286. The summed E-state index contributed by atoms with van der Waals surface area (Å²) in [5, 5.41) is 10.5. The number of hydrogen-bond acceptors (Lipinski definition) is 3. The van der Waals surface area contributed by atoms with Gasteiger partial charge in [-0.25, -0.2) is 9.78 Å². The van der Waals surface area contributed by atoms with Crippen molar-refractivity contribution in [3.05, 3.63) is 84.7 Å². The first-order valence-electron chi connectivity index (χ1n) is 9.13. The number of benzene rings is 1. The minimum Gasteiger partial charge on any atom is -0.477 e. The quantitative estimate of drug-likeness (QED) is 0.570. The maximum atomic E-state index is 12.1. The van der Waals surface area contributed by atoms with Gasteiger partial charge in [0.05, 0.1) is 5.69 Å². The molecule has 0 aliphatic rings. The second-order valence-corrected chi connectivity index (χ2v) is 8.07. The van der Waals surface area contributed by atoms with Crippen LogP contribution >= 0.6 is 27.5 Å². The first-order chi connectivity index (χ1) is 13.7. The first kappa shape index (κ1) is 21.3. The highest BCUT2D eigenvalue weighted by atomic mass is 79.9. The summed E-state index contributed by atoms with van der Waals surface area (Å²) >= 11 is 9.44. The summed E-state index contributed by atoms with van der Waals surface area (Å²) in [6.45, 7) is 4.12. The number of aromatic carboxylic acids is 1. The standard InChI is InChI=1S/C21H21BrClN3O3/c1-4-26-18(20(28)29)17(24-21(26)22)16(14-5-7-15(23)8-6-14)10-13-9-12(2)19(27)25(3)11-13/h5-9,11,16H,4,10H2,1-3H3,(H,28,29). The minimum absolute atomic E-state index is 0.0546. The van der Waals surface area contributed by atoms with Crippen molar-refractivity contribution in [1.29, 1.82) is 0 Å². The molecule has 0 radical (unpaired) electrons. The van der Waals surface area contributed by atoms with Crippen LogP contribution in [0.1, 0.15) is 45.7 Å². The Morgan fingerprint density at radius 2 is 1.97 bits per heavy atom. The first-order valence-corrected chi connectivity index (χ1v) is 10.3. The molecule has 1 atom stereocenters. The van der Waals surface area contributed by atoms with Gasteiger partial charge >= 0.3 is 5.97 Å². The number of aryl methyl sites for hydroxylation is 2. The fourth-order valence-corrected chi connectivity index (χ4v) is 4.32. The summed E-state index contributed by atoms with van der Waals surface area (Å²) in [4.78, 5) is 28.7. The summed E-state index contributed by atoms with van der Waals surface area (Å²) < 4.78 is 3.65. The fourth-order valence-electron chi connectivity index (χ4n) is 3.58. The molecule has 0 bridgehead atoms. The molecule has 0 amide bonds. The molecule has 1 aromatic carbocycles. The Kier molecular flexibility index (Phi) is 6.29. The lowest BCUT2D eigenvalue weighted by Crippen LogP contribution is -2.20. The molecular formula is C21H21BrClN3O3. The van der Waals surface area contributed by atoms with E-state index in [0.29, 0.717) is 34.0 Å². The number of aromatic nitrogens is 3. The molecule has 0 aliphatic carbocycles. The van der Waals surface area contributed by atoms with Crippen LogP contribution in [0.5, 0.6) is 0 Å². The minimum atomic E-state index is -1.03. The molecule has 1 unspecified atom stereocenters. The van der Waals surface area contributed by atoms with Gasteiger partial charge in [0.25, 0.3) is 5.56 Å². The van der Waals surface area contributed by atoms with Crippen LogP contribution in [0.2, 0.25) is 5.02 Å². The number of imidazole rings is 1. The van der Waals surface area contributed by atoms with E-state index in [-0.39, 0.29) is 17.2 Å². The Morgan fingerprint density at radius 1 is 1.31 bits per heavy atom. The second-order valence-electron chi connectivity index (χ2n) is 6.92. The van der Waals surface area contributed by atoms with Gasteiger partial charge in [0, 0.05) is 36.3 Å². The zero-order chi connectivity index (χ0) is 21.3. The number of carbonyl (C=O) groups is 1. The molecule has 29 heavy (non-hydrogen) atoms. The van der Waals surface area contributed by atoms with Crippen molar-refractivity contribution in [2.24, 2.45) is 7.05 Å². The van der Waals surface area contributed by atoms with Crippen molar-refractivity contribution < 1.29 is 9.90 Å². The van der Waals surface area contributed by atoms with E-state index in [1.807, 2.05) is 25.1 Å². The van der Waals surface area contributed by atoms with E-state index in [1.54, 1.807) is 41.4 Å². The molecule has 8 heteroatoms. The highest BCUT2D eigenvalue weighted by molar-refractivity contribution is 9.10. The molecule has 1 N–H and O–H groups in total. The third-order valence-electron chi connectivity index (χ3n) is 4.93. The summed E-state index contributed by atoms with van der Waals surface area (Å²) in [5.74, 6) is -1.35. The number of nitrogens with zero attached hydrogens (tertiary/aromatic N) is 3. The van der Waals surface area contributed by atoms with Gasteiger partial charge < -0.3 is 14.2 Å². The number of halogens is 2. The normalized spacial score (nSPS) is 12.2. The van der Waals surface area contributed by atoms with E-state index < -0.39 is 5.97 Å². The van der Waals surface area contributed by atoms with Gasteiger partial charge in [-0.15, -0.1) is 0 Å². The zero-order valence-electron chi connectivity index (χ0n) is 16.3. The van der Waals surface area contributed by atoms with Gasteiger partial charge in [-0.05, 0) is 65.5 Å². The molecule has 2 aromatic heterocycles. The molecule has 0 aliphatic heterocycles. The van der Waals surface area contributed by atoms with Crippen LogP contribution < -0.4 is 5.56 Å². The van der Waals surface area contributed by atoms with Crippen LogP contribution in [0, 0.1) is 6.92 Å². The van der Waals surface area contributed by atoms with Crippen LogP contribution in [0.4, 0.5) is 0 Å². The van der Waals surface area contributed by atoms with Crippen molar-refractivity contribution in [1.82, 2.24) is 14.1 Å². The van der Waals surface area contributed by atoms with E-state index in [1.165, 1.54) is 0 Å². The average Bonchev–Trinajstić information content (AvgIpc) is 3.01. The molecular weight excluding hydrogens is 458 g/mol. The summed E-state index contributed by atoms with van der Waals surface area (Å²) in [5.41, 5.74) is 3.03. The van der Waals surface area contributed by atoms with Crippen LogP contribution in [0.3, 0.4) is 0 Å². The topological polar surface area (TPSA) is 77.1 Å². The molecule has 0 saturated heterocycles. The Labute approximate surface area is 181 Å². The monoisotopic (exact) mass is 477 g/mol. The molecule has 0 saturated carbocycles. The predicted molar refractivity (Wildman–Crippen MR) is 116 cm³/mol. The molecule has 0 fully saturated rings. The average molecular weight is 479 g/mol. The second kappa shape index (κ2) is 8.55. The van der Waals surface area contributed by atoms with Gasteiger partial charge in [-0.1, -0.05) is 23.7 Å². The van der Waals surface area contributed by atoms with Crippen LogP contribution in [-0.4, -0.2) is 25.2 Å². The van der Waals surface area contributed by atoms with Gasteiger partial charge in [-0.3, -0.25) is 4.79 Å². The summed E-state index contributed by atoms with van der Waals surface area (Å²) in [6, 6.07) is 9.17. The van der Waals surface area contributed by atoms with Crippen LogP contribution in [0.25, 0.3) is 0 Å². The Balaban J connectivity index is 2.19. The number of carboxylic acids is 1. The lowest BCUT2D eigenvalue weighted by Gasteiger charge is -2.18. The van der Waals surface area contributed by atoms with Crippen molar-refractivity contribution in [2.75, 3.05) is 0 Å². The Morgan fingerprint density at radius 3 is 2.52 bits per heavy atom. The molecule has 3 aromatic rings. The number of carboxylic acid groups (broad SMARTS) is 1. The summed E-state index contributed by atoms with van der Waals surface area (Å²) in [6.07, 6.45) is 2.27. The smallest absolute Gasteiger partial charge is 0.354 e. The van der Waals surface area contributed by atoms with E-state index in [2.05, 4.69) is 20.9 Å². The Hall–Kier alpha value is -2.38. The van der Waals surface area contributed by atoms with Crippen LogP contribution in [-0.2, 0) is 20.0 Å². The van der Waals surface area contributed by atoms with Crippen molar-refractivity contribution >= 4 is 33.5 Å². The highest BCUT2D eigenvalue weighted by Gasteiger charge is 2.28. The van der Waals surface area contributed by atoms with E-state index in [9.17, 15) is 14.7 Å². The predicted octanol–water partition coefficient (Wildman–Crippen LogP) is 4.40. The molecule has 2 heterocycles. The number of hydrogen-bond donors (Lipinski definition) is 1. The van der Waals surface area contributed by atoms with E-state index in [4.69, 9.17) is 11.6 Å². The summed E-state index contributed by atoms with van der Waals surface area (Å²) in [7, 11) is 1.71. The molecule has 0 spiro atoms. The van der Waals surface area contributed by atoms with Crippen LogP contribution in [0.15, 0.2) is 46.1 Å². The maximum absolute atomic E-state index is 12.1. The van der Waals surface area contributed by atoms with Gasteiger partial charge in [-0.2, -0.15) is 0 Å².